The van der Waals surface area contributed by atoms with Crippen molar-refractivity contribution in [2.75, 3.05) is 5.32 Å². The molecule has 1 aromatic carbocycles. The highest BCUT2D eigenvalue weighted by molar-refractivity contribution is 9.10. The third-order valence-corrected chi connectivity index (χ3v) is 5.77. The fraction of sp³-hybridized carbons (Fsp3) is 0.400. The lowest BCUT2D eigenvalue weighted by atomic mass is 9.85. The van der Waals surface area contributed by atoms with E-state index in [0.717, 1.165) is 6.07 Å². The number of carbonyl (C=O) groups is 3. The van der Waals surface area contributed by atoms with Gasteiger partial charge >= 0.3 is 0 Å². The SMILES string of the molecule is CCC(=O)c1nc[nH]c1C(=O)NC1CCC(C(=O)Nc2c(F)cc(F)cc2Br)CC1. The van der Waals surface area contributed by atoms with Gasteiger partial charge in [0.1, 0.15) is 17.2 Å². The van der Waals surface area contributed by atoms with Crippen LogP contribution >= 0.6 is 15.9 Å². The van der Waals surface area contributed by atoms with Gasteiger partial charge in [-0.15, -0.1) is 0 Å². The van der Waals surface area contributed by atoms with Crippen LogP contribution in [-0.4, -0.2) is 33.6 Å². The molecule has 1 aromatic heterocycles. The number of rotatable bonds is 6. The predicted octanol–water partition coefficient (Wildman–Crippen LogP) is 3.97. The maximum atomic E-state index is 13.9. The van der Waals surface area contributed by atoms with Crippen molar-refractivity contribution in [3.05, 3.63) is 46.0 Å². The molecule has 160 valence electrons. The molecule has 1 saturated carbocycles. The molecule has 10 heteroatoms. The number of anilines is 1. The summed E-state index contributed by atoms with van der Waals surface area (Å²) in [5.41, 5.74) is 0.164. The second-order valence-corrected chi connectivity index (χ2v) is 8.01. The zero-order valence-electron chi connectivity index (χ0n) is 16.2. The first-order valence-electron chi connectivity index (χ1n) is 9.63. The van der Waals surface area contributed by atoms with Gasteiger partial charge in [-0.25, -0.2) is 13.8 Å². The van der Waals surface area contributed by atoms with E-state index >= 15 is 0 Å². The summed E-state index contributed by atoms with van der Waals surface area (Å²) in [6.45, 7) is 1.70. The molecular formula is C20H21BrF2N4O3. The van der Waals surface area contributed by atoms with Gasteiger partial charge in [0.2, 0.25) is 5.91 Å². The quantitative estimate of drug-likeness (QED) is 0.541. The standard InChI is InChI=1S/C20H21BrF2N4O3/c1-2-15(28)17-18(25-9-24-17)20(30)26-12-5-3-10(4-6-12)19(29)27-16-13(21)7-11(22)8-14(16)23/h7-10,12H,2-6H2,1H3,(H,24,25)(H,26,30)(H,27,29). The summed E-state index contributed by atoms with van der Waals surface area (Å²) >= 11 is 3.05. The second-order valence-electron chi connectivity index (χ2n) is 7.16. The Morgan fingerprint density at radius 2 is 1.90 bits per heavy atom. The maximum Gasteiger partial charge on any atom is 0.270 e. The van der Waals surface area contributed by atoms with E-state index in [0.29, 0.717) is 31.7 Å². The molecule has 0 bridgehead atoms. The van der Waals surface area contributed by atoms with E-state index < -0.39 is 17.5 Å². The van der Waals surface area contributed by atoms with Crippen LogP contribution in [0.3, 0.4) is 0 Å². The number of Topliss-reactive ketones (excluding diaryl/α,β-unsaturated/α-hetero) is 1. The summed E-state index contributed by atoms with van der Waals surface area (Å²) in [6, 6.07) is 1.64. The van der Waals surface area contributed by atoms with Gasteiger partial charge in [-0.2, -0.15) is 0 Å². The van der Waals surface area contributed by atoms with Gasteiger partial charge in [-0.1, -0.05) is 6.92 Å². The normalized spacial score (nSPS) is 18.7. The molecule has 0 atom stereocenters. The van der Waals surface area contributed by atoms with Gasteiger partial charge in [-0.3, -0.25) is 14.4 Å². The molecule has 0 aliphatic heterocycles. The van der Waals surface area contributed by atoms with Gasteiger partial charge in [0, 0.05) is 28.9 Å². The van der Waals surface area contributed by atoms with Gasteiger partial charge in [0.15, 0.2) is 11.6 Å². The van der Waals surface area contributed by atoms with E-state index in [1.807, 2.05) is 0 Å². The Hall–Kier alpha value is -2.62. The third kappa shape index (κ3) is 4.92. The van der Waals surface area contributed by atoms with Crippen LogP contribution in [0.15, 0.2) is 22.9 Å². The van der Waals surface area contributed by atoms with E-state index in [9.17, 15) is 23.2 Å². The number of H-pyrrole nitrogens is 1. The molecule has 2 aromatic rings. The van der Waals surface area contributed by atoms with Crippen LogP contribution in [-0.2, 0) is 4.79 Å². The van der Waals surface area contributed by atoms with Crippen molar-refractivity contribution in [2.45, 2.75) is 45.1 Å². The minimum atomic E-state index is -0.854. The van der Waals surface area contributed by atoms with Crippen molar-refractivity contribution in [1.29, 1.82) is 0 Å². The minimum absolute atomic E-state index is 0.0933. The predicted molar refractivity (Wildman–Crippen MR) is 109 cm³/mol. The van der Waals surface area contributed by atoms with Gasteiger partial charge < -0.3 is 15.6 Å². The van der Waals surface area contributed by atoms with E-state index in [1.54, 1.807) is 6.92 Å². The van der Waals surface area contributed by atoms with E-state index in [4.69, 9.17) is 0 Å². The summed E-state index contributed by atoms with van der Waals surface area (Å²) in [5.74, 6) is -2.92. The molecule has 30 heavy (non-hydrogen) atoms. The van der Waals surface area contributed by atoms with Crippen molar-refractivity contribution in [1.82, 2.24) is 15.3 Å². The van der Waals surface area contributed by atoms with Crippen LogP contribution in [0.5, 0.6) is 0 Å². The molecule has 2 amide bonds. The molecule has 1 fully saturated rings. The van der Waals surface area contributed by atoms with Gasteiger partial charge in [0.25, 0.3) is 5.91 Å². The number of carbonyl (C=O) groups excluding carboxylic acids is 3. The largest absolute Gasteiger partial charge is 0.348 e. The molecule has 0 spiro atoms. The van der Waals surface area contributed by atoms with E-state index in [1.165, 1.54) is 6.33 Å². The highest BCUT2D eigenvalue weighted by Crippen LogP contribution is 2.30. The van der Waals surface area contributed by atoms with Crippen molar-refractivity contribution in [3.8, 4) is 0 Å². The Morgan fingerprint density at radius 1 is 1.20 bits per heavy atom. The minimum Gasteiger partial charge on any atom is -0.348 e. The summed E-state index contributed by atoms with van der Waals surface area (Å²) in [6.07, 6.45) is 3.67. The smallest absolute Gasteiger partial charge is 0.270 e. The molecule has 1 heterocycles. The van der Waals surface area contributed by atoms with Crippen molar-refractivity contribution < 1.29 is 23.2 Å². The molecule has 1 aliphatic carbocycles. The molecule has 3 N–H and O–H groups in total. The molecule has 7 nitrogen and oxygen atoms in total. The number of imidazole rings is 1. The summed E-state index contributed by atoms with van der Waals surface area (Å²) in [7, 11) is 0. The maximum absolute atomic E-state index is 13.9. The molecular weight excluding hydrogens is 462 g/mol. The molecule has 1 aliphatic rings. The summed E-state index contributed by atoms with van der Waals surface area (Å²) in [5, 5.41) is 5.39. The molecule has 0 saturated heterocycles. The van der Waals surface area contributed by atoms with E-state index in [2.05, 4.69) is 36.5 Å². The van der Waals surface area contributed by atoms with Crippen LogP contribution in [0.1, 0.15) is 60.0 Å². The van der Waals surface area contributed by atoms with Crippen molar-refractivity contribution in [3.63, 3.8) is 0 Å². The number of nitrogens with one attached hydrogen (secondary N) is 3. The van der Waals surface area contributed by atoms with E-state index in [-0.39, 0.29) is 51.6 Å². The number of nitrogens with zero attached hydrogens (tertiary/aromatic N) is 1. The number of aromatic amines is 1. The Labute approximate surface area is 180 Å². The Balaban J connectivity index is 1.55. The lowest BCUT2D eigenvalue weighted by Crippen LogP contribution is -2.40. The van der Waals surface area contributed by atoms with Crippen LogP contribution < -0.4 is 10.6 Å². The summed E-state index contributed by atoms with van der Waals surface area (Å²) in [4.78, 5) is 43.5. The Kier molecular flexibility index (Phi) is 6.96. The third-order valence-electron chi connectivity index (χ3n) is 5.14. The number of halogens is 3. The van der Waals surface area contributed by atoms with Gasteiger partial charge in [-0.05, 0) is 47.7 Å². The first kappa shape index (κ1) is 22.1. The van der Waals surface area contributed by atoms with Crippen molar-refractivity contribution in [2.24, 2.45) is 5.92 Å². The zero-order valence-corrected chi connectivity index (χ0v) is 17.8. The number of amides is 2. The van der Waals surface area contributed by atoms with Crippen LogP contribution in [0.4, 0.5) is 14.5 Å². The monoisotopic (exact) mass is 482 g/mol. The fourth-order valence-corrected chi connectivity index (χ4v) is 4.00. The molecule has 0 unspecified atom stereocenters. The molecule has 3 rings (SSSR count). The van der Waals surface area contributed by atoms with Gasteiger partial charge in [0.05, 0.1) is 12.0 Å². The number of aromatic nitrogens is 2. The number of benzene rings is 1. The fourth-order valence-electron chi connectivity index (χ4n) is 3.49. The Morgan fingerprint density at radius 3 is 2.53 bits per heavy atom. The first-order valence-corrected chi connectivity index (χ1v) is 10.4. The highest BCUT2D eigenvalue weighted by Gasteiger charge is 2.29. The Bertz CT molecular complexity index is 948. The number of hydrogen-bond acceptors (Lipinski definition) is 4. The average Bonchev–Trinajstić information content (AvgIpc) is 3.20. The lowest BCUT2D eigenvalue weighted by Gasteiger charge is -2.28. The second kappa shape index (κ2) is 9.46. The first-order chi connectivity index (χ1) is 14.3. The van der Waals surface area contributed by atoms with Crippen LogP contribution in [0, 0.1) is 17.6 Å². The van der Waals surface area contributed by atoms with Crippen LogP contribution in [0.2, 0.25) is 0 Å². The number of hydrogen-bond donors (Lipinski definition) is 3. The number of ketones is 1. The lowest BCUT2D eigenvalue weighted by molar-refractivity contribution is -0.120. The zero-order chi connectivity index (χ0) is 21.8. The van der Waals surface area contributed by atoms with Crippen LogP contribution in [0.25, 0.3) is 0 Å². The average molecular weight is 483 g/mol. The highest BCUT2D eigenvalue weighted by atomic mass is 79.9. The topological polar surface area (TPSA) is 104 Å². The van der Waals surface area contributed by atoms with Crippen molar-refractivity contribution >= 4 is 39.2 Å². The molecule has 0 radical (unpaired) electrons. The summed E-state index contributed by atoms with van der Waals surface area (Å²) < 4.78 is 27.3.